The van der Waals surface area contributed by atoms with E-state index >= 15 is 0 Å². The normalized spacial score (nSPS) is 21.0. The number of amides is 4. The summed E-state index contributed by atoms with van der Waals surface area (Å²) in [5, 5.41) is 12.6. The molecule has 1 saturated heterocycles. The highest BCUT2D eigenvalue weighted by atomic mass is 16.5. The van der Waals surface area contributed by atoms with Crippen molar-refractivity contribution >= 4 is 24.1 Å². The van der Waals surface area contributed by atoms with Gasteiger partial charge in [0, 0.05) is 13.0 Å². The van der Waals surface area contributed by atoms with E-state index < -0.39 is 17.9 Å². The topological polar surface area (TPSA) is 107 Å². The van der Waals surface area contributed by atoms with Crippen LogP contribution in [0, 0.1) is 17.8 Å². The minimum absolute atomic E-state index is 0.0735. The van der Waals surface area contributed by atoms with E-state index in [9.17, 15) is 24.4 Å². The van der Waals surface area contributed by atoms with Crippen LogP contribution >= 0.6 is 0 Å². The molecule has 0 radical (unpaired) electrons. The number of nitrogens with zero attached hydrogens (tertiary/aromatic N) is 2. The first kappa shape index (κ1) is 22.3. The monoisotopic (exact) mass is 395 g/mol. The average molecular weight is 396 g/mol. The van der Waals surface area contributed by atoms with Gasteiger partial charge in [-0.15, -0.1) is 0 Å². The van der Waals surface area contributed by atoms with Crippen LogP contribution in [0.4, 0.5) is 0 Å². The third kappa shape index (κ3) is 6.29. The van der Waals surface area contributed by atoms with Crippen LogP contribution < -0.4 is 5.32 Å². The molecule has 2 fully saturated rings. The molecule has 0 aromatic rings. The van der Waals surface area contributed by atoms with E-state index in [0.29, 0.717) is 43.2 Å². The SMILES string of the molecule is CC(C)CC(=O)NC(=O)[C@@H]1CCCN1C(=O)[C@H](CC1CCCC1)CN(O)C=O. The van der Waals surface area contributed by atoms with Gasteiger partial charge in [-0.25, -0.2) is 5.06 Å². The van der Waals surface area contributed by atoms with Crippen LogP contribution in [0.2, 0.25) is 0 Å². The molecule has 1 aliphatic heterocycles. The minimum atomic E-state index is -0.668. The highest BCUT2D eigenvalue weighted by Gasteiger charge is 2.39. The second kappa shape index (κ2) is 10.5. The predicted molar refractivity (Wildman–Crippen MR) is 102 cm³/mol. The maximum atomic E-state index is 13.2. The number of carbonyl (C=O) groups excluding carboxylic acids is 4. The lowest BCUT2D eigenvalue weighted by atomic mass is 9.91. The lowest BCUT2D eigenvalue weighted by Gasteiger charge is -2.30. The molecule has 8 nitrogen and oxygen atoms in total. The fraction of sp³-hybridized carbons (Fsp3) is 0.800. The number of carbonyl (C=O) groups is 4. The van der Waals surface area contributed by atoms with Gasteiger partial charge in [-0.1, -0.05) is 39.5 Å². The van der Waals surface area contributed by atoms with Crippen molar-refractivity contribution in [3.63, 3.8) is 0 Å². The van der Waals surface area contributed by atoms with E-state index in [0.717, 1.165) is 25.7 Å². The maximum absolute atomic E-state index is 13.2. The third-order valence-electron chi connectivity index (χ3n) is 5.67. The van der Waals surface area contributed by atoms with Gasteiger partial charge in [0.2, 0.25) is 24.1 Å². The number of hydrogen-bond donors (Lipinski definition) is 2. The van der Waals surface area contributed by atoms with Crippen LogP contribution in [0.15, 0.2) is 0 Å². The molecule has 28 heavy (non-hydrogen) atoms. The Kier molecular flexibility index (Phi) is 8.41. The van der Waals surface area contributed by atoms with E-state index in [-0.39, 0.29) is 30.7 Å². The average Bonchev–Trinajstić information content (AvgIpc) is 3.31. The molecule has 2 rings (SSSR count). The molecule has 0 unspecified atom stereocenters. The molecule has 4 amide bonds. The summed E-state index contributed by atoms with van der Waals surface area (Å²) in [6, 6.07) is -0.668. The van der Waals surface area contributed by atoms with Crippen LogP contribution in [0.25, 0.3) is 0 Å². The second-order valence-corrected chi connectivity index (χ2v) is 8.51. The van der Waals surface area contributed by atoms with Gasteiger partial charge in [0.25, 0.3) is 0 Å². The number of nitrogens with one attached hydrogen (secondary N) is 1. The van der Waals surface area contributed by atoms with E-state index in [1.54, 1.807) is 0 Å². The fourth-order valence-electron chi connectivity index (χ4n) is 4.35. The van der Waals surface area contributed by atoms with Crippen LogP contribution in [-0.2, 0) is 19.2 Å². The van der Waals surface area contributed by atoms with Crippen LogP contribution in [0.5, 0.6) is 0 Å². The van der Waals surface area contributed by atoms with Gasteiger partial charge in [-0.3, -0.25) is 29.7 Å². The Morgan fingerprint density at radius 3 is 2.46 bits per heavy atom. The van der Waals surface area contributed by atoms with Crippen molar-refractivity contribution in [3.8, 4) is 0 Å². The Balaban J connectivity index is 2.04. The summed E-state index contributed by atoms with van der Waals surface area (Å²) < 4.78 is 0. The van der Waals surface area contributed by atoms with E-state index in [2.05, 4.69) is 5.32 Å². The minimum Gasteiger partial charge on any atom is -0.330 e. The summed E-state index contributed by atoms with van der Waals surface area (Å²) >= 11 is 0. The first-order chi connectivity index (χ1) is 13.3. The Morgan fingerprint density at radius 1 is 1.18 bits per heavy atom. The van der Waals surface area contributed by atoms with E-state index in [1.807, 2.05) is 13.8 Å². The van der Waals surface area contributed by atoms with Crippen molar-refractivity contribution in [2.24, 2.45) is 17.8 Å². The second-order valence-electron chi connectivity index (χ2n) is 8.51. The van der Waals surface area contributed by atoms with Crippen molar-refractivity contribution in [3.05, 3.63) is 0 Å². The highest BCUT2D eigenvalue weighted by Crippen LogP contribution is 2.32. The van der Waals surface area contributed by atoms with Crippen LogP contribution in [0.1, 0.15) is 65.2 Å². The molecule has 1 saturated carbocycles. The van der Waals surface area contributed by atoms with Crippen molar-refractivity contribution in [1.82, 2.24) is 15.3 Å². The fourth-order valence-corrected chi connectivity index (χ4v) is 4.35. The number of likely N-dealkylation sites (tertiary alicyclic amines) is 1. The van der Waals surface area contributed by atoms with Gasteiger partial charge in [0.05, 0.1) is 12.5 Å². The van der Waals surface area contributed by atoms with Gasteiger partial charge in [0.1, 0.15) is 6.04 Å². The van der Waals surface area contributed by atoms with Gasteiger partial charge < -0.3 is 4.90 Å². The summed E-state index contributed by atoms with van der Waals surface area (Å²) in [6.45, 7) is 4.17. The zero-order valence-corrected chi connectivity index (χ0v) is 16.9. The molecular weight excluding hydrogens is 362 g/mol. The highest BCUT2D eigenvalue weighted by molar-refractivity contribution is 5.99. The van der Waals surface area contributed by atoms with Gasteiger partial charge in [-0.05, 0) is 31.1 Å². The van der Waals surface area contributed by atoms with E-state index in [1.165, 1.54) is 4.90 Å². The Bertz CT molecular complexity index is 574. The lowest BCUT2D eigenvalue weighted by Crippen LogP contribution is -2.50. The lowest BCUT2D eigenvalue weighted by molar-refractivity contribution is -0.158. The number of hydrogen-bond acceptors (Lipinski definition) is 5. The Morgan fingerprint density at radius 2 is 1.86 bits per heavy atom. The zero-order chi connectivity index (χ0) is 20.7. The molecule has 2 atom stereocenters. The molecule has 1 heterocycles. The maximum Gasteiger partial charge on any atom is 0.249 e. The molecule has 1 aliphatic carbocycles. The third-order valence-corrected chi connectivity index (χ3v) is 5.67. The summed E-state index contributed by atoms with van der Waals surface area (Å²) in [4.78, 5) is 50.0. The van der Waals surface area contributed by atoms with Crippen LogP contribution in [-0.4, -0.2) is 58.4 Å². The molecule has 158 valence electrons. The first-order valence-corrected chi connectivity index (χ1v) is 10.4. The number of rotatable bonds is 9. The molecule has 2 N–H and O–H groups in total. The van der Waals surface area contributed by atoms with Gasteiger partial charge >= 0.3 is 0 Å². The number of hydroxylamine groups is 2. The Hall–Kier alpha value is -1.96. The van der Waals surface area contributed by atoms with Gasteiger partial charge in [-0.2, -0.15) is 0 Å². The largest absolute Gasteiger partial charge is 0.330 e. The summed E-state index contributed by atoms with van der Waals surface area (Å²) in [5.41, 5.74) is 0. The first-order valence-electron chi connectivity index (χ1n) is 10.4. The molecule has 0 spiro atoms. The van der Waals surface area contributed by atoms with E-state index in [4.69, 9.17) is 0 Å². The molecule has 2 aliphatic rings. The van der Waals surface area contributed by atoms with Gasteiger partial charge in [0.15, 0.2) is 0 Å². The number of imide groups is 1. The molecule has 8 heteroatoms. The molecular formula is C20H33N3O5. The molecule has 0 aromatic carbocycles. The summed E-state index contributed by atoms with van der Waals surface area (Å²) in [7, 11) is 0. The standard InChI is InChI=1S/C20H33N3O5/c1-14(2)10-18(25)21-19(26)17-8-5-9-23(17)20(27)16(12-22(28)13-24)11-15-6-3-4-7-15/h13-17,28H,3-12H2,1-2H3,(H,21,25,26)/t16-,17+/m1/s1. The van der Waals surface area contributed by atoms with Crippen molar-refractivity contribution < 1.29 is 24.4 Å². The smallest absolute Gasteiger partial charge is 0.249 e. The predicted octanol–water partition coefficient (Wildman–Crippen LogP) is 1.71. The summed E-state index contributed by atoms with van der Waals surface area (Å²) in [5.74, 6) is -0.989. The van der Waals surface area contributed by atoms with Crippen molar-refractivity contribution in [2.45, 2.75) is 71.3 Å². The molecule has 0 bridgehead atoms. The van der Waals surface area contributed by atoms with Crippen LogP contribution in [0.3, 0.4) is 0 Å². The van der Waals surface area contributed by atoms with Crippen molar-refractivity contribution in [1.29, 1.82) is 0 Å². The van der Waals surface area contributed by atoms with Crippen molar-refractivity contribution in [2.75, 3.05) is 13.1 Å². The quantitative estimate of drug-likeness (QED) is 0.351. The Labute approximate surface area is 166 Å². The zero-order valence-electron chi connectivity index (χ0n) is 16.9. The summed E-state index contributed by atoms with van der Waals surface area (Å²) in [6.07, 6.45) is 6.72. The molecule has 0 aromatic heterocycles.